The Kier molecular flexibility index (Phi) is 8.15. The fourth-order valence-corrected chi connectivity index (χ4v) is 3.92. The van der Waals surface area contributed by atoms with Gasteiger partial charge in [-0.1, -0.05) is 18.2 Å². The molecular formula is C26H36N4O4. The Morgan fingerprint density at radius 1 is 1.15 bits per heavy atom. The van der Waals surface area contributed by atoms with E-state index in [1.165, 1.54) is 0 Å². The summed E-state index contributed by atoms with van der Waals surface area (Å²) in [7, 11) is 1.71. The number of morpholine rings is 1. The number of ether oxygens (including phenoxy) is 2. The number of alkyl carbamates (subject to hydrolysis) is 1. The van der Waals surface area contributed by atoms with E-state index in [2.05, 4.69) is 41.2 Å². The molecule has 184 valence electrons. The summed E-state index contributed by atoms with van der Waals surface area (Å²) >= 11 is 0. The first kappa shape index (κ1) is 25.5. The number of rotatable bonds is 6. The first-order valence-corrected chi connectivity index (χ1v) is 11.7. The molecule has 2 amide bonds. The van der Waals surface area contributed by atoms with Crippen LogP contribution in [0.4, 0.5) is 10.6 Å². The lowest BCUT2D eigenvalue weighted by Crippen LogP contribution is -2.45. The van der Waals surface area contributed by atoms with Crippen molar-refractivity contribution in [3.63, 3.8) is 0 Å². The summed E-state index contributed by atoms with van der Waals surface area (Å²) in [5.41, 5.74) is 2.44. The maximum absolute atomic E-state index is 12.4. The summed E-state index contributed by atoms with van der Waals surface area (Å²) in [4.78, 5) is 32.7. The number of aromatic nitrogens is 1. The Balaban J connectivity index is 1.59. The third-order valence-electron chi connectivity index (χ3n) is 5.38. The predicted octanol–water partition coefficient (Wildman–Crippen LogP) is 3.85. The lowest BCUT2D eigenvalue weighted by molar-refractivity contribution is -0.129. The number of nitrogens with one attached hydrogen (secondary N) is 1. The van der Waals surface area contributed by atoms with Gasteiger partial charge in [-0.25, -0.2) is 9.78 Å². The Bertz CT molecular complexity index is 977. The molecule has 0 aliphatic carbocycles. The van der Waals surface area contributed by atoms with E-state index in [0.717, 1.165) is 35.6 Å². The molecule has 1 aromatic heterocycles. The van der Waals surface area contributed by atoms with E-state index in [0.29, 0.717) is 6.54 Å². The van der Waals surface area contributed by atoms with Gasteiger partial charge in [-0.2, -0.15) is 0 Å². The van der Waals surface area contributed by atoms with Crippen LogP contribution in [0, 0.1) is 0 Å². The average Bonchev–Trinajstić information content (AvgIpc) is 2.76. The molecule has 2 aromatic rings. The molecule has 2 heterocycles. The van der Waals surface area contributed by atoms with E-state index >= 15 is 0 Å². The quantitative estimate of drug-likeness (QED) is 0.693. The molecule has 1 aromatic carbocycles. The number of carbonyl (C=O) groups is 2. The topological polar surface area (TPSA) is 84.0 Å². The lowest BCUT2D eigenvalue weighted by Gasteiger charge is -2.36. The van der Waals surface area contributed by atoms with Gasteiger partial charge in [0, 0.05) is 38.4 Å². The van der Waals surface area contributed by atoms with E-state index in [9.17, 15) is 9.59 Å². The standard InChI is InChI=1S/C26H36N4O4/c1-18-15-30(16-19(2)33-18)23-11-10-22(13-27-23)21-9-7-8-20(12-21)17-29(6)24(31)14-28-25(32)34-26(3,4)5/h7-13,18-19H,14-17H2,1-6H3,(H,28,32)/t18-,19+. The van der Waals surface area contributed by atoms with Crippen LogP contribution in [0.15, 0.2) is 42.6 Å². The fraction of sp³-hybridized carbons (Fsp3) is 0.500. The monoisotopic (exact) mass is 468 g/mol. The molecule has 34 heavy (non-hydrogen) atoms. The molecule has 3 rings (SSSR count). The zero-order chi connectivity index (χ0) is 24.9. The molecule has 0 spiro atoms. The third-order valence-corrected chi connectivity index (χ3v) is 5.38. The molecule has 1 aliphatic heterocycles. The van der Waals surface area contributed by atoms with E-state index in [1.807, 2.05) is 30.5 Å². The minimum absolute atomic E-state index is 0.116. The van der Waals surface area contributed by atoms with Gasteiger partial charge >= 0.3 is 6.09 Å². The highest BCUT2D eigenvalue weighted by molar-refractivity contribution is 5.82. The molecule has 2 atom stereocenters. The van der Waals surface area contributed by atoms with Crippen LogP contribution in [0.2, 0.25) is 0 Å². The minimum atomic E-state index is -0.606. The smallest absolute Gasteiger partial charge is 0.408 e. The number of amides is 2. The Labute approximate surface area is 202 Å². The third kappa shape index (κ3) is 7.45. The van der Waals surface area contributed by atoms with Crippen LogP contribution < -0.4 is 10.2 Å². The number of likely N-dealkylation sites (N-methyl/N-ethyl adjacent to an activating group) is 1. The number of hydrogen-bond acceptors (Lipinski definition) is 6. The summed E-state index contributed by atoms with van der Waals surface area (Å²) in [6, 6.07) is 12.2. The summed E-state index contributed by atoms with van der Waals surface area (Å²) in [5.74, 6) is 0.751. The van der Waals surface area contributed by atoms with Crippen LogP contribution >= 0.6 is 0 Å². The molecule has 0 radical (unpaired) electrons. The minimum Gasteiger partial charge on any atom is -0.444 e. The Morgan fingerprint density at radius 3 is 2.47 bits per heavy atom. The van der Waals surface area contributed by atoms with Crippen molar-refractivity contribution in [2.24, 2.45) is 0 Å². The van der Waals surface area contributed by atoms with Crippen molar-refractivity contribution in [2.45, 2.75) is 59.0 Å². The second-order valence-corrected chi connectivity index (χ2v) is 9.87. The molecule has 1 N–H and O–H groups in total. The van der Waals surface area contributed by atoms with Crippen molar-refractivity contribution in [3.05, 3.63) is 48.2 Å². The number of pyridine rings is 1. The SMILES string of the molecule is C[C@@H]1CN(c2ccc(-c3cccc(CN(C)C(=O)CNC(=O)OC(C)(C)C)c3)cn2)C[C@H](C)O1. The van der Waals surface area contributed by atoms with Crippen LogP contribution in [0.25, 0.3) is 11.1 Å². The highest BCUT2D eigenvalue weighted by atomic mass is 16.6. The average molecular weight is 469 g/mol. The maximum atomic E-state index is 12.4. The summed E-state index contributed by atoms with van der Waals surface area (Å²) in [5, 5.41) is 2.51. The van der Waals surface area contributed by atoms with Gasteiger partial charge in [-0.3, -0.25) is 4.79 Å². The van der Waals surface area contributed by atoms with Crippen molar-refractivity contribution in [1.29, 1.82) is 0 Å². The van der Waals surface area contributed by atoms with E-state index in [-0.39, 0.29) is 24.7 Å². The van der Waals surface area contributed by atoms with Crippen LogP contribution in [-0.4, -0.2) is 66.4 Å². The first-order valence-electron chi connectivity index (χ1n) is 11.7. The number of anilines is 1. The second-order valence-electron chi connectivity index (χ2n) is 9.87. The van der Waals surface area contributed by atoms with Gasteiger partial charge in [0.25, 0.3) is 0 Å². The van der Waals surface area contributed by atoms with Crippen LogP contribution in [0.5, 0.6) is 0 Å². The van der Waals surface area contributed by atoms with Gasteiger partial charge in [0.1, 0.15) is 18.0 Å². The van der Waals surface area contributed by atoms with Gasteiger partial charge in [0.2, 0.25) is 5.91 Å². The van der Waals surface area contributed by atoms with Crippen molar-refractivity contribution in [1.82, 2.24) is 15.2 Å². The van der Waals surface area contributed by atoms with Crippen molar-refractivity contribution < 1.29 is 19.1 Å². The first-order chi connectivity index (χ1) is 16.0. The van der Waals surface area contributed by atoms with E-state index < -0.39 is 11.7 Å². The summed E-state index contributed by atoms with van der Waals surface area (Å²) in [6.07, 6.45) is 1.65. The fourth-order valence-electron chi connectivity index (χ4n) is 3.92. The number of hydrogen-bond donors (Lipinski definition) is 1. The Morgan fingerprint density at radius 2 is 1.85 bits per heavy atom. The number of nitrogens with zero attached hydrogens (tertiary/aromatic N) is 3. The van der Waals surface area contributed by atoms with Crippen LogP contribution in [0.3, 0.4) is 0 Å². The summed E-state index contributed by atoms with van der Waals surface area (Å²) < 4.78 is 11.0. The van der Waals surface area contributed by atoms with E-state index in [1.54, 1.807) is 32.7 Å². The van der Waals surface area contributed by atoms with Gasteiger partial charge in [0.15, 0.2) is 0 Å². The maximum Gasteiger partial charge on any atom is 0.408 e. The molecule has 0 bridgehead atoms. The molecule has 1 aliphatic rings. The molecule has 0 saturated carbocycles. The van der Waals surface area contributed by atoms with Crippen LogP contribution in [-0.2, 0) is 20.8 Å². The Hall–Kier alpha value is -3.13. The molecule has 8 heteroatoms. The number of carbonyl (C=O) groups excluding carboxylic acids is 2. The van der Waals surface area contributed by atoms with Gasteiger partial charge in [-0.05, 0) is 63.9 Å². The summed E-state index contributed by atoms with van der Waals surface area (Å²) in [6.45, 7) is 11.5. The van der Waals surface area contributed by atoms with Crippen molar-refractivity contribution in [3.8, 4) is 11.1 Å². The highest BCUT2D eigenvalue weighted by Crippen LogP contribution is 2.24. The lowest BCUT2D eigenvalue weighted by atomic mass is 10.0. The highest BCUT2D eigenvalue weighted by Gasteiger charge is 2.23. The molecule has 8 nitrogen and oxygen atoms in total. The normalized spacial score (nSPS) is 18.4. The zero-order valence-corrected chi connectivity index (χ0v) is 21.0. The predicted molar refractivity (Wildman–Crippen MR) is 133 cm³/mol. The van der Waals surface area contributed by atoms with Gasteiger partial charge in [0.05, 0.1) is 12.2 Å². The molecule has 0 unspecified atom stereocenters. The van der Waals surface area contributed by atoms with Gasteiger partial charge in [-0.15, -0.1) is 0 Å². The number of benzene rings is 1. The molecule has 1 fully saturated rings. The van der Waals surface area contributed by atoms with Crippen LogP contribution in [0.1, 0.15) is 40.2 Å². The van der Waals surface area contributed by atoms with E-state index in [4.69, 9.17) is 9.47 Å². The molecular weight excluding hydrogens is 432 g/mol. The van der Waals surface area contributed by atoms with Gasteiger partial charge < -0.3 is 24.6 Å². The molecule has 1 saturated heterocycles. The largest absolute Gasteiger partial charge is 0.444 e. The van der Waals surface area contributed by atoms with Crippen molar-refractivity contribution >= 4 is 17.8 Å². The second kappa shape index (κ2) is 10.9. The zero-order valence-electron chi connectivity index (χ0n) is 21.0. The van der Waals surface area contributed by atoms with Crippen molar-refractivity contribution in [2.75, 3.05) is 31.6 Å².